The third kappa shape index (κ3) is 7.85. The van der Waals surface area contributed by atoms with E-state index in [9.17, 15) is 9.59 Å². The number of rotatable bonds is 11. The van der Waals surface area contributed by atoms with E-state index in [1.165, 1.54) is 0 Å². The molecule has 3 aromatic rings. The number of hydrogen-bond donors (Lipinski definition) is 2. The van der Waals surface area contributed by atoms with Crippen LogP contribution in [0.5, 0.6) is 5.75 Å². The topological polar surface area (TPSA) is 111 Å². The summed E-state index contributed by atoms with van der Waals surface area (Å²) >= 11 is 3.52. The summed E-state index contributed by atoms with van der Waals surface area (Å²) in [6, 6.07) is 13.2. The fraction of sp³-hybridized carbons (Fsp3) is 0.346. The maximum atomic E-state index is 11.9. The highest BCUT2D eigenvalue weighted by atomic mass is 79.9. The normalized spacial score (nSPS) is 10.9. The first kappa shape index (κ1) is 26.3. The smallest absolute Gasteiger partial charge is 0.407 e. The van der Waals surface area contributed by atoms with Crippen molar-refractivity contribution in [1.82, 2.24) is 10.3 Å². The number of amides is 1. The average Bonchev–Trinajstić information content (AvgIpc) is 3.16. The van der Waals surface area contributed by atoms with Gasteiger partial charge in [-0.25, -0.2) is 9.78 Å². The zero-order valence-corrected chi connectivity index (χ0v) is 21.6. The van der Waals surface area contributed by atoms with Crippen molar-refractivity contribution in [3.63, 3.8) is 0 Å². The van der Waals surface area contributed by atoms with E-state index in [0.717, 1.165) is 32.6 Å². The molecule has 3 rings (SSSR count). The van der Waals surface area contributed by atoms with Gasteiger partial charge in [-0.3, -0.25) is 4.79 Å². The maximum absolute atomic E-state index is 11.9. The predicted molar refractivity (Wildman–Crippen MR) is 134 cm³/mol. The summed E-state index contributed by atoms with van der Waals surface area (Å²) in [7, 11) is 0. The first-order chi connectivity index (χ1) is 16.7. The van der Waals surface area contributed by atoms with Gasteiger partial charge in [-0.15, -0.1) is 0 Å². The van der Waals surface area contributed by atoms with Crippen LogP contribution in [0.2, 0.25) is 0 Å². The molecule has 0 spiro atoms. The van der Waals surface area contributed by atoms with Crippen LogP contribution in [0.1, 0.15) is 42.8 Å². The number of nitrogens with one attached hydrogen (secondary N) is 1. The highest BCUT2D eigenvalue weighted by Gasteiger charge is 2.14. The highest BCUT2D eigenvalue weighted by molar-refractivity contribution is 9.10. The first-order valence-corrected chi connectivity index (χ1v) is 12.1. The van der Waals surface area contributed by atoms with Crippen molar-refractivity contribution in [3.05, 3.63) is 69.5 Å². The summed E-state index contributed by atoms with van der Waals surface area (Å²) < 4.78 is 17.8. The Labute approximate surface area is 212 Å². The second-order valence-electron chi connectivity index (χ2n) is 8.23. The van der Waals surface area contributed by atoms with Crippen LogP contribution in [0, 0.1) is 6.92 Å². The second kappa shape index (κ2) is 12.4. The lowest BCUT2D eigenvalue weighted by molar-refractivity contribution is -0.136. The Morgan fingerprint density at radius 1 is 1.14 bits per heavy atom. The number of halogens is 1. The number of carbonyl (C=O) groups is 2. The fourth-order valence-electron chi connectivity index (χ4n) is 3.44. The SMILES string of the molecule is Cc1oc(-c2ccccc2Br)nc1CCOc1ccc(CCC(=O)O)c(CNC(=O)OC(C)C)c1. The third-order valence-electron chi connectivity index (χ3n) is 5.16. The second-order valence-corrected chi connectivity index (χ2v) is 9.09. The van der Waals surface area contributed by atoms with Gasteiger partial charge in [-0.2, -0.15) is 0 Å². The van der Waals surface area contributed by atoms with E-state index in [4.69, 9.17) is 19.0 Å². The quantitative estimate of drug-likeness (QED) is 0.319. The molecule has 0 bridgehead atoms. The van der Waals surface area contributed by atoms with Gasteiger partial charge in [0.2, 0.25) is 5.89 Å². The number of nitrogens with zero attached hydrogens (tertiary/aromatic N) is 1. The van der Waals surface area contributed by atoms with Gasteiger partial charge in [0.05, 0.1) is 24.0 Å². The summed E-state index contributed by atoms with van der Waals surface area (Å²) in [6.45, 7) is 5.99. The zero-order valence-electron chi connectivity index (χ0n) is 20.0. The third-order valence-corrected chi connectivity index (χ3v) is 5.85. The minimum absolute atomic E-state index is 0.00502. The molecule has 0 saturated heterocycles. The Bertz CT molecular complexity index is 1170. The van der Waals surface area contributed by atoms with Gasteiger partial charge in [-0.1, -0.05) is 18.2 Å². The molecule has 0 radical (unpaired) electrons. The molecule has 1 heterocycles. The van der Waals surface area contributed by atoms with Gasteiger partial charge in [0.1, 0.15) is 11.5 Å². The van der Waals surface area contributed by atoms with Crippen LogP contribution in [0.15, 0.2) is 51.4 Å². The van der Waals surface area contributed by atoms with Crippen molar-refractivity contribution in [1.29, 1.82) is 0 Å². The van der Waals surface area contributed by atoms with E-state index in [1.807, 2.05) is 43.3 Å². The van der Waals surface area contributed by atoms with E-state index in [0.29, 0.717) is 31.1 Å². The number of aromatic nitrogens is 1. The molecular formula is C26H29BrN2O6. The van der Waals surface area contributed by atoms with Crippen molar-refractivity contribution < 1.29 is 28.6 Å². The number of carbonyl (C=O) groups excluding carboxylic acids is 1. The zero-order chi connectivity index (χ0) is 25.4. The molecule has 186 valence electrons. The van der Waals surface area contributed by atoms with Gasteiger partial charge in [0.25, 0.3) is 0 Å². The van der Waals surface area contributed by atoms with Gasteiger partial charge in [-0.05, 0) is 78.5 Å². The number of aryl methyl sites for hydroxylation is 2. The Hall–Kier alpha value is -3.33. The lowest BCUT2D eigenvalue weighted by Gasteiger charge is -2.14. The molecule has 0 aliphatic rings. The lowest BCUT2D eigenvalue weighted by atomic mass is 10.0. The molecule has 0 aliphatic heterocycles. The average molecular weight is 545 g/mol. The number of aliphatic carboxylic acids is 1. The number of carboxylic acids is 1. The summed E-state index contributed by atoms with van der Waals surface area (Å²) in [5.74, 6) is 1.02. The molecule has 2 N–H and O–H groups in total. The number of benzene rings is 2. The molecule has 0 atom stereocenters. The molecule has 9 heteroatoms. The Kier molecular flexibility index (Phi) is 9.31. The van der Waals surface area contributed by atoms with Crippen LogP contribution in [0.25, 0.3) is 11.5 Å². The lowest BCUT2D eigenvalue weighted by Crippen LogP contribution is -2.26. The summed E-state index contributed by atoms with van der Waals surface area (Å²) in [5.41, 5.74) is 3.30. The Balaban J connectivity index is 1.66. The van der Waals surface area contributed by atoms with E-state index in [1.54, 1.807) is 19.9 Å². The van der Waals surface area contributed by atoms with Crippen molar-refractivity contribution in [2.24, 2.45) is 0 Å². The van der Waals surface area contributed by atoms with Gasteiger partial charge >= 0.3 is 12.1 Å². The van der Waals surface area contributed by atoms with Crippen molar-refractivity contribution in [2.45, 2.75) is 52.7 Å². The molecule has 0 saturated carbocycles. The molecule has 1 amide bonds. The first-order valence-electron chi connectivity index (χ1n) is 11.3. The number of carboxylic acid groups (broad SMARTS) is 1. The molecule has 2 aromatic carbocycles. The van der Waals surface area contributed by atoms with Crippen LogP contribution in [-0.4, -0.2) is 34.9 Å². The van der Waals surface area contributed by atoms with Crippen molar-refractivity contribution >= 4 is 28.0 Å². The summed E-state index contributed by atoms with van der Waals surface area (Å²) in [6.07, 6.45) is 0.128. The van der Waals surface area contributed by atoms with E-state index >= 15 is 0 Å². The van der Waals surface area contributed by atoms with Crippen molar-refractivity contribution in [3.8, 4) is 17.2 Å². The maximum Gasteiger partial charge on any atom is 0.407 e. The van der Waals surface area contributed by atoms with Gasteiger partial charge in [0.15, 0.2) is 0 Å². The molecule has 35 heavy (non-hydrogen) atoms. The van der Waals surface area contributed by atoms with Crippen LogP contribution in [-0.2, 0) is 28.9 Å². The van der Waals surface area contributed by atoms with E-state index in [2.05, 4.69) is 26.2 Å². The van der Waals surface area contributed by atoms with E-state index in [-0.39, 0.29) is 19.1 Å². The minimum Gasteiger partial charge on any atom is -0.493 e. The largest absolute Gasteiger partial charge is 0.493 e. The number of ether oxygens (including phenoxy) is 2. The fourth-order valence-corrected chi connectivity index (χ4v) is 3.90. The monoisotopic (exact) mass is 544 g/mol. The van der Waals surface area contributed by atoms with Crippen LogP contribution in [0.3, 0.4) is 0 Å². The van der Waals surface area contributed by atoms with Gasteiger partial charge < -0.3 is 24.3 Å². The molecule has 8 nitrogen and oxygen atoms in total. The molecule has 0 fully saturated rings. The molecule has 0 aliphatic carbocycles. The molecular weight excluding hydrogens is 516 g/mol. The summed E-state index contributed by atoms with van der Waals surface area (Å²) in [5, 5.41) is 11.8. The Morgan fingerprint density at radius 3 is 2.63 bits per heavy atom. The molecule has 1 aromatic heterocycles. The predicted octanol–water partition coefficient (Wildman–Crippen LogP) is 5.69. The summed E-state index contributed by atoms with van der Waals surface area (Å²) in [4.78, 5) is 27.5. The van der Waals surface area contributed by atoms with Crippen LogP contribution >= 0.6 is 15.9 Å². The molecule has 0 unspecified atom stereocenters. The number of oxazole rings is 1. The Morgan fingerprint density at radius 2 is 1.91 bits per heavy atom. The van der Waals surface area contributed by atoms with Crippen LogP contribution < -0.4 is 10.1 Å². The van der Waals surface area contributed by atoms with Crippen molar-refractivity contribution in [2.75, 3.05) is 6.61 Å². The van der Waals surface area contributed by atoms with E-state index < -0.39 is 12.1 Å². The number of hydrogen-bond acceptors (Lipinski definition) is 6. The highest BCUT2D eigenvalue weighted by Crippen LogP contribution is 2.29. The van der Waals surface area contributed by atoms with Crippen LogP contribution in [0.4, 0.5) is 4.79 Å². The minimum atomic E-state index is -0.881. The number of alkyl carbamates (subject to hydrolysis) is 1. The van der Waals surface area contributed by atoms with Gasteiger partial charge in [0, 0.05) is 23.9 Å². The standard InChI is InChI=1S/C26H29BrN2O6/c1-16(2)34-26(32)28-15-19-14-20(10-8-18(19)9-11-24(30)31)33-13-12-23-17(3)35-25(29-23)21-6-4-5-7-22(21)27/h4-8,10,14,16H,9,11-13,15H2,1-3H3,(H,28,32)(H,30,31).